The average Bonchev–Trinajstić information content (AvgIpc) is 2.26. The lowest BCUT2D eigenvalue weighted by atomic mass is 9.63. The SMILES string of the molecule is COC(=O)OC12CC(C)CC(CC(CI)C1)C2. The molecule has 0 N–H and O–H groups in total. The third kappa shape index (κ3) is 3.06. The molecule has 3 nitrogen and oxygen atoms in total. The van der Waals surface area contributed by atoms with Gasteiger partial charge in [-0.1, -0.05) is 29.5 Å². The van der Waals surface area contributed by atoms with Gasteiger partial charge in [0.25, 0.3) is 0 Å². The Morgan fingerprint density at radius 1 is 1.35 bits per heavy atom. The summed E-state index contributed by atoms with van der Waals surface area (Å²) in [4.78, 5) is 11.4. The minimum Gasteiger partial charge on any atom is -0.438 e. The van der Waals surface area contributed by atoms with E-state index in [1.165, 1.54) is 20.0 Å². The molecule has 4 heteroatoms. The van der Waals surface area contributed by atoms with Crippen LogP contribution in [0.4, 0.5) is 4.79 Å². The number of fused-ring (bicyclic) bond motifs is 2. The molecule has 0 aromatic heterocycles. The fourth-order valence-corrected chi connectivity index (χ4v) is 4.54. The van der Waals surface area contributed by atoms with Crippen molar-refractivity contribution < 1.29 is 14.3 Å². The maximum Gasteiger partial charge on any atom is 0.508 e. The summed E-state index contributed by atoms with van der Waals surface area (Å²) in [5.74, 6) is 2.09. The lowest BCUT2D eigenvalue weighted by molar-refractivity contribution is -0.104. The molecule has 2 bridgehead atoms. The van der Waals surface area contributed by atoms with Crippen LogP contribution in [-0.2, 0) is 9.47 Å². The first-order valence-electron chi connectivity index (χ1n) is 6.40. The van der Waals surface area contributed by atoms with Crippen LogP contribution in [0.25, 0.3) is 0 Å². The van der Waals surface area contributed by atoms with Gasteiger partial charge in [0, 0.05) is 4.43 Å². The van der Waals surface area contributed by atoms with E-state index < -0.39 is 6.16 Å². The molecule has 0 aliphatic heterocycles. The summed E-state index contributed by atoms with van der Waals surface area (Å²) in [6.45, 7) is 2.27. The van der Waals surface area contributed by atoms with Crippen LogP contribution in [0, 0.1) is 17.8 Å². The molecule has 0 aromatic carbocycles. The summed E-state index contributed by atoms with van der Waals surface area (Å²) in [6.07, 6.45) is 5.16. The maximum absolute atomic E-state index is 11.4. The summed E-state index contributed by atoms with van der Waals surface area (Å²) >= 11 is 2.45. The summed E-state index contributed by atoms with van der Waals surface area (Å²) in [5.41, 5.74) is -0.233. The molecule has 17 heavy (non-hydrogen) atoms. The van der Waals surface area contributed by atoms with E-state index in [1.807, 2.05) is 0 Å². The van der Waals surface area contributed by atoms with Crippen LogP contribution in [0.3, 0.4) is 0 Å². The standard InChI is InChI=1S/C13H21IO3/c1-9-3-10-4-11(8-14)7-13(5-9,6-10)17-12(15)16-2/h9-11H,3-8H2,1-2H3. The number of ether oxygens (including phenoxy) is 2. The number of hydrogen-bond donors (Lipinski definition) is 0. The van der Waals surface area contributed by atoms with Gasteiger partial charge in [0.1, 0.15) is 5.60 Å². The molecule has 98 valence electrons. The first-order chi connectivity index (χ1) is 8.07. The monoisotopic (exact) mass is 352 g/mol. The normalized spacial score (nSPS) is 40.8. The van der Waals surface area contributed by atoms with Crippen molar-refractivity contribution in [3.05, 3.63) is 0 Å². The van der Waals surface area contributed by atoms with Crippen molar-refractivity contribution in [1.29, 1.82) is 0 Å². The van der Waals surface area contributed by atoms with Crippen LogP contribution >= 0.6 is 22.6 Å². The van der Waals surface area contributed by atoms with Gasteiger partial charge in [-0.2, -0.15) is 0 Å². The zero-order chi connectivity index (χ0) is 12.5. The molecule has 2 aliphatic rings. The van der Waals surface area contributed by atoms with Gasteiger partial charge in [-0.15, -0.1) is 0 Å². The van der Waals surface area contributed by atoms with E-state index >= 15 is 0 Å². The summed E-state index contributed by atoms with van der Waals surface area (Å²) < 4.78 is 11.5. The Morgan fingerprint density at radius 3 is 2.76 bits per heavy atom. The average molecular weight is 352 g/mol. The summed E-state index contributed by atoms with van der Waals surface area (Å²) in [6, 6.07) is 0. The molecular weight excluding hydrogens is 331 g/mol. The third-order valence-electron chi connectivity index (χ3n) is 4.13. The highest BCUT2D eigenvalue weighted by Crippen LogP contribution is 2.49. The van der Waals surface area contributed by atoms with Crippen LogP contribution in [0.1, 0.15) is 39.0 Å². The van der Waals surface area contributed by atoms with Gasteiger partial charge in [-0.05, 0) is 49.9 Å². The number of alkyl halides is 1. The lowest BCUT2D eigenvalue weighted by Gasteiger charge is -2.48. The van der Waals surface area contributed by atoms with Crippen molar-refractivity contribution in [2.75, 3.05) is 11.5 Å². The number of carbonyl (C=O) groups excluding carboxylic acids is 1. The second kappa shape index (κ2) is 5.33. The second-order valence-electron chi connectivity index (χ2n) is 5.81. The molecule has 0 spiro atoms. The van der Waals surface area contributed by atoms with Gasteiger partial charge in [0.05, 0.1) is 7.11 Å². The first kappa shape index (κ1) is 13.4. The zero-order valence-corrected chi connectivity index (χ0v) is 12.7. The fraction of sp³-hybridized carbons (Fsp3) is 0.923. The molecule has 2 fully saturated rings. The van der Waals surface area contributed by atoms with Crippen LogP contribution in [0.5, 0.6) is 0 Å². The number of carbonyl (C=O) groups is 1. The van der Waals surface area contributed by atoms with Gasteiger partial charge < -0.3 is 9.47 Å². The summed E-state index contributed by atoms with van der Waals surface area (Å²) in [5, 5.41) is 0. The zero-order valence-electron chi connectivity index (χ0n) is 10.6. The van der Waals surface area contributed by atoms with Crippen molar-refractivity contribution in [2.45, 2.75) is 44.6 Å². The molecule has 0 aromatic rings. The Kier molecular flexibility index (Phi) is 4.21. The quantitative estimate of drug-likeness (QED) is 0.431. The Hall–Kier alpha value is 0. The van der Waals surface area contributed by atoms with Gasteiger partial charge >= 0.3 is 6.16 Å². The van der Waals surface area contributed by atoms with Crippen molar-refractivity contribution in [3.63, 3.8) is 0 Å². The molecule has 0 saturated heterocycles. The van der Waals surface area contributed by atoms with Crippen LogP contribution in [-0.4, -0.2) is 23.3 Å². The van der Waals surface area contributed by atoms with Crippen molar-refractivity contribution in [3.8, 4) is 0 Å². The second-order valence-corrected chi connectivity index (χ2v) is 6.70. The molecule has 0 amide bonds. The van der Waals surface area contributed by atoms with E-state index in [9.17, 15) is 4.79 Å². The van der Waals surface area contributed by atoms with E-state index in [0.717, 1.165) is 29.6 Å². The van der Waals surface area contributed by atoms with Gasteiger partial charge in [-0.3, -0.25) is 0 Å². The van der Waals surface area contributed by atoms with E-state index in [2.05, 4.69) is 34.3 Å². The van der Waals surface area contributed by atoms with Gasteiger partial charge in [-0.25, -0.2) is 4.79 Å². The van der Waals surface area contributed by atoms with E-state index in [4.69, 9.17) is 4.74 Å². The molecule has 2 aliphatic carbocycles. The van der Waals surface area contributed by atoms with Gasteiger partial charge in [0.15, 0.2) is 0 Å². The highest BCUT2D eigenvalue weighted by Gasteiger charge is 2.47. The minimum atomic E-state index is -0.507. The first-order valence-corrected chi connectivity index (χ1v) is 7.92. The molecular formula is C13H21IO3. The Bertz CT molecular complexity index is 290. The number of rotatable bonds is 2. The lowest BCUT2D eigenvalue weighted by Crippen LogP contribution is -2.48. The fourth-order valence-electron chi connectivity index (χ4n) is 3.87. The van der Waals surface area contributed by atoms with E-state index in [1.54, 1.807) is 0 Å². The predicted molar refractivity (Wildman–Crippen MR) is 74.3 cm³/mol. The Labute approximate surface area is 117 Å². The van der Waals surface area contributed by atoms with Crippen LogP contribution < -0.4 is 0 Å². The molecule has 4 unspecified atom stereocenters. The molecule has 0 radical (unpaired) electrons. The van der Waals surface area contributed by atoms with Crippen molar-refractivity contribution in [1.82, 2.24) is 0 Å². The molecule has 4 atom stereocenters. The van der Waals surface area contributed by atoms with E-state index in [0.29, 0.717) is 11.8 Å². The molecule has 2 rings (SSSR count). The van der Waals surface area contributed by atoms with Gasteiger partial charge in [0.2, 0.25) is 0 Å². The minimum absolute atomic E-state index is 0.233. The highest BCUT2D eigenvalue weighted by atomic mass is 127. The van der Waals surface area contributed by atoms with E-state index in [-0.39, 0.29) is 5.60 Å². The third-order valence-corrected chi connectivity index (χ3v) is 5.37. The largest absolute Gasteiger partial charge is 0.508 e. The summed E-state index contributed by atoms with van der Waals surface area (Å²) in [7, 11) is 1.39. The number of hydrogen-bond acceptors (Lipinski definition) is 3. The number of methoxy groups -OCH3 is 1. The van der Waals surface area contributed by atoms with Crippen LogP contribution in [0.2, 0.25) is 0 Å². The smallest absolute Gasteiger partial charge is 0.438 e. The maximum atomic E-state index is 11.4. The predicted octanol–water partition coefficient (Wildman–Crippen LogP) is 3.79. The van der Waals surface area contributed by atoms with Crippen LogP contribution in [0.15, 0.2) is 0 Å². The number of halogens is 1. The Balaban J connectivity index is 2.12. The highest BCUT2D eigenvalue weighted by molar-refractivity contribution is 14.1. The Morgan fingerprint density at radius 2 is 2.12 bits per heavy atom. The molecule has 0 heterocycles. The van der Waals surface area contributed by atoms with Crippen molar-refractivity contribution >= 4 is 28.7 Å². The molecule has 2 saturated carbocycles. The van der Waals surface area contributed by atoms with Crippen molar-refractivity contribution in [2.24, 2.45) is 17.8 Å². The topological polar surface area (TPSA) is 35.5 Å².